The van der Waals surface area contributed by atoms with Crippen LogP contribution in [-0.4, -0.2) is 32.5 Å². The molecule has 2 aromatic rings. The van der Waals surface area contributed by atoms with Crippen LogP contribution < -0.4 is 5.32 Å². The van der Waals surface area contributed by atoms with Gasteiger partial charge in [0.25, 0.3) is 0 Å². The summed E-state index contributed by atoms with van der Waals surface area (Å²) < 4.78 is 1.72. The van der Waals surface area contributed by atoms with Crippen LogP contribution in [0.5, 0.6) is 0 Å². The van der Waals surface area contributed by atoms with Crippen LogP contribution in [0.3, 0.4) is 0 Å². The molecule has 0 radical (unpaired) electrons. The Bertz CT molecular complexity index is 443. The first-order valence-electron chi connectivity index (χ1n) is 6.05. The molecule has 0 fully saturated rings. The molecule has 2 heterocycles. The van der Waals surface area contributed by atoms with E-state index in [9.17, 15) is 5.11 Å². The Balaban J connectivity index is 1.77. The molecule has 0 aliphatic heterocycles. The van der Waals surface area contributed by atoms with Gasteiger partial charge in [-0.05, 0) is 25.1 Å². The molecule has 2 atom stereocenters. The van der Waals surface area contributed by atoms with Gasteiger partial charge < -0.3 is 10.4 Å². The normalized spacial score (nSPS) is 14.3. The Morgan fingerprint density at radius 3 is 2.89 bits per heavy atom. The van der Waals surface area contributed by atoms with Crippen molar-refractivity contribution in [1.29, 1.82) is 0 Å². The Morgan fingerprint density at radius 1 is 1.33 bits per heavy atom. The third-order valence-corrected chi connectivity index (χ3v) is 2.75. The summed E-state index contributed by atoms with van der Waals surface area (Å²) in [7, 11) is 0. The number of aliphatic hydroxyl groups excluding tert-OH is 1. The summed E-state index contributed by atoms with van der Waals surface area (Å²) in [5.74, 6) is 0. The van der Waals surface area contributed by atoms with E-state index in [1.807, 2.05) is 37.4 Å². The van der Waals surface area contributed by atoms with Gasteiger partial charge >= 0.3 is 0 Å². The highest BCUT2D eigenvalue weighted by atomic mass is 16.3. The zero-order valence-electron chi connectivity index (χ0n) is 10.4. The first-order chi connectivity index (χ1) is 8.75. The van der Waals surface area contributed by atoms with Crippen molar-refractivity contribution in [2.24, 2.45) is 0 Å². The lowest BCUT2D eigenvalue weighted by molar-refractivity contribution is 0.143. The van der Waals surface area contributed by atoms with Gasteiger partial charge in [0.05, 0.1) is 18.3 Å². The molecule has 2 rings (SSSR count). The van der Waals surface area contributed by atoms with Gasteiger partial charge in [0.2, 0.25) is 0 Å². The number of aliphatic hydroxyl groups is 1. The molecule has 18 heavy (non-hydrogen) atoms. The number of nitrogens with zero attached hydrogens (tertiary/aromatic N) is 3. The second-order valence-corrected chi connectivity index (χ2v) is 4.27. The maximum atomic E-state index is 9.87. The van der Waals surface area contributed by atoms with Crippen molar-refractivity contribution in [1.82, 2.24) is 20.1 Å². The maximum absolute atomic E-state index is 9.87. The van der Waals surface area contributed by atoms with E-state index in [0.29, 0.717) is 13.1 Å². The smallest absolute Gasteiger partial charge is 0.0860 e. The molecule has 0 aliphatic carbocycles. The summed E-state index contributed by atoms with van der Waals surface area (Å²) in [5, 5.41) is 17.2. The van der Waals surface area contributed by atoms with Gasteiger partial charge in [-0.15, -0.1) is 0 Å². The predicted molar refractivity (Wildman–Crippen MR) is 68.9 cm³/mol. The van der Waals surface area contributed by atoms with Crippen LogP contribution in [0, 0.1) is 0 Å². The van der Waals surface area contributed by atoms with Gasteiger partial charge in [-0.1, -0.05) is 6.07 Å². The standard InChI is InChI=1S/C13H18N4O/c1-11(13-5-2-3-6-14-13)15-9-12(18)10-17-8-4-7-16-17/h2-8,11-12,15,18H,9-10H2,1H3. The van der Waals surface area contributed by atoms with Gasteiger partial charge in [0, 0.05) is 31.2 Å². The molecule has 0 saturated heterocycles. The molecule has 5 nitrogen and oxygen atoms in total. The van der Waals surface area contributed by atoms with Crippen LogP contribution in [0.25, 0.3) is 0 Å². The predicted octanol–water partition coefficient (Wildman–Crippen LogP) is 0.990. The summed E-state index contributed by atoms with van der Waals surface area (Å²) in [6.45, 7) is 3.04. The van der Waals surface area contributed by atoms with E-state index in [1.54, 1.807) is 17.1 Å². The summed E-state index contributed by atoms with van der Waals surface area (Å²) in [6, 6.07) is 7.79. The van der Waals surface area contributed by atoms with Crippen molar-refractivity contribution in [3.8, 4) is 0 Å². The monoisotopic (exact) mass is 246 g/mol. The van der Waals surface area contributed by atoms with Crippen molar-refractivity contribution < 1.29 is 5.11 Å². The first kappa shape index (κ1) is 12.7. The minimum Gasteiger partial charge on any atom is -0.390 e. The van der Waals surface area contributed by atoms with Gasteiger partial charge in [0.1, 0.15) is 0 Å². The topological polar surface area (TPSA) is 63.0 Å². The molecule has 0 aromatic carbocycles. The van der Waals surface area contributed by atoms with Crippen molar-refractivity contribution in [2.45, 2.75) is 25.6 Å². The number of rotatable bonds is 6. The van der Waals surface area contributed by atoms with Crippen molar-refractivity contribution in [2.75, 3.05) is 6.54 Å². The van der Waals surface area contributed by atoms with Crippen LogP contribution in [-0.2, 0) is 6.54 Å². The van der Waals surface area contributed by atoms with Gasteiger partial charge in [-0.3, -0.25) is 9.67 Å². The van der Waals surface area contributed by atoms with Gasteiger partial charge in [-0.25, -0.2) is 0 Å². The molecule has 0 bridgehead atoms. The van der Waals surface area contributed by atoms with E-state index in [1.165, 1.54) is 0 Å². The molecular weight excluding hydrogens is 228 g/mol. The molecule has 0 spiro atoms. The summed E-state index contributed by atoms with van der Waals surface area (Å²) >= 11 is 0. The van der Waals surface area contributed by atoms with E-state index >= 15 is 0 Å². The molecule has 2 unspecified atom stereocenters. The molecule has 0 aliphatic rings. The molecule has 0 amide bonds. The van der Waals surface area contributed by atoms with E-state index in [-0.39, 0.29) is 6.04 Å². The summed E-state index contributed by atoms with van der Waals surface area (Å²) in [4.78, 5) is 4.27. The Morgan fingerprint density at radius 2 is 2.22 bits per heavy atom. The van der Waals surface area contributed by atoms with E-state index in [0.717, 1.165) is 5.69 Å². The minimum absolute atomic E-state index is 0.124. The quantitative estimate of drug-likeness (QED) is 0.798. The fourth-order valence-corrected chi connectivity index (χ4v) is 1.74. The minimum atomic E-state index is -0.462. The SMILES string of the molecule is CC(NCC(O)Cn1cccn1)c1ccccn1. The fourth-order valence-electron chi connectivity index (χ4n) is 1.74. The number of hydrogen-bond donors (Lipinski definition) is 2. The molecule has 2 aromatic heterocycles. The molecule has 0 saturated carbocycles. The van der Waals surface area contributed by atoms with Crippen molar-refractivity contribution in [3.63, 3.8) is 0 Å². The second kappa shape index (κ2) is 6.28. The zero-order valence-corrected chi connectivity index (χ0v) is 10.4. The van der Waals surface area contributed by atoms with Crippen LogP contribution in [0.15, 0.2) is 42.9 Å². The number of pyridine rings is 1. The molecule has 96 valence electrons. The van der Waals surface area contributed by atoms with Crippen molar-refractivity contribution >= 4 is 0 Å². The number of hydrogen-bond acceptors (Lipinski definition) is 4. The molecular formula is C13H18N4O. The highest BCUT2D eigenvalue weighted by Crippen LogP contribution is 2.07. The Kier molecular flexibility index (Phi) is 4.44. The van der Waals surface area contributed by atoms with Crippen LogP contribution in [0.4, 0.5) is 0 Å². The maximum Gasteiger partial charge on any atom is 0.0860 e. The Labute approximate surface area is 106 Å². The molecule has 2 N–H and O–H groups in total. The van der Waals surface area contributed by atoms with Crippen LogP contribution in [0.1, 0.15) is 18.7 Å². The van der Waals surface area contributed by atoms with E-state index < -0.39 is 6.10 Å². The Hall–Kier alpha value is -1.72. The average Bonchev–Trinajstić information content (AvgIpc) is 2.90. The second-order valence-electron chi connectivity index (χ2n) is 4.27. The highest BCUT2D eigenvalue weighted by Gasteiger charge is 2.09. The lowest BCUT2D eigenvalue weighted by Gasteiger charge is -2.16. The summed E-state index contributed by atoms with van der Waals surface area (Å²) in [5.41, 5.74) is 0.976. The van der Waals surface area contributed by atoms with Crippen molar-refractivity contribution in [3.05, 3.63) is 48.5 Å². The van der Waals surface area contributed by atoms with Crippen LogP contribution in [0.2, 0.25) is 0 Å². The lowest BCUT2D eigenvalue weighted by Crippen LogP contribution is -2.32. The summed E-state index contributed by atoms with van der Waals surface area (Å²) in [6.07, 6.45) is 4.85. The largest absolute Gasteiger partial charge is 0.390 e. The van der Waals surface area contributed by atoms with E-state index in [2.05, 4.69) is 15.4 Å². The molecule has 5 heteroatoms. The average molecular weight is 246 g/mol. The fraction of sp³-hybridized carbons (Fsp3) is 0.385. The van der Waals surface area contributed by atoms with Crippen LogP contribution >= 0.6 is 0 Å². The number of nitrogens with one attached hydrogen (secondary N) is 1. The first-order valence-corrected chi connectivity index (χ1v) is 6.05. The number of aromatic nitrogens is 3. The van der Waals surface area contributed by atoms with E-state index in [4.69, 9.17) is 0 Å². The highest BCUT2D eigenvalue weighted by molar-refractivity contribution is 5.07. The zero-order chi connectivity index (χ0) is 12.8. The third kappa shape index (κ3) is 3.65. The lowest BCUT2D eigenvalue weighted by atomic mass is 10.2. The third-order valence-electron chi connectivity index (χ3n) is 2.75. The van der Waals surface area contributed by atoms with Gasteiger partial charge in [-0.2, -0.15) is 5.10 Å². The van der Waals surface area contributed by atoms with Gasteiger partial charge in [0.15, 0.2) is 0 Å².